The number of hydrogen-bond acceptors (Lipinski definition) is 0. The summed E-state index contributed by atoms with van der Waals surface area (Å²) in [5.41, 5.74) is 5.06. The molecule has 0 atom stereocenters. The molecule has 0 saturated carbocycles. The van der Waals surface area contributed by atoms with Crippen LogP contribution in [0.5, 0.6) is 0 Å². The van der Waals surface area contributed by atoms with Crippen molar-refractivity contribution in [2.45, 2.75) is 46.1 Å². The zero-order chi connectivity index (χ0) is 21.0. The zero-order valence-electron chi connectivity index (χ0n) is 18.7. The van der Waals surface area contributed by atoms with Crippen LogP contribution in [0.1, 0.15) is 46.2 Å². The monoisotopic (exact) mass is 499 g/mol. The molecule has 0 fully saturated rings. The van der Waals surface area contributed by atoms with Crippen molar-refractivity contribution >= 4 is 27.1 Å². The molecule has 0 saturated heterocycles. The van der Waals surface area contributed by atoms with Gasteiger partial charge in [-0.3, -0.25) is 4.40 Å². The van der Waals surface area contributed by atoms with Crippen LogP contribution < -0.4 is 4.57 Å². The molecule has 31 heavy (non-hydrogen) atoms. The standard InChI is InChI=1S/C28H28N2.Ag/c1-19(2)29-17-22-16-21-11-7-9-13-24(21)27(30(22)18-29)26-23-12-8-6-10-20(23)14-15-25(26)28(3,4)5;/h6-16,18-19H,1-5H3;/q;+1. The third-order valence-corrected chi connectivity index (χ3v) is 6.02. The van der Waals surface area contributed by atoms with Crippen molar-refractivity contribution in [1.82, 2.24) is 4.40 Å². The fourth-order valence-electron chi connectivity index (χ4n) is 4.47. The second kappa shape index (κ2) is 7.94. The van der Waals surface area contributed by atoms with E-state index >= 15 is 0 Å². The van der Waals surface area contributed by atoms with Gasteiger partial charge in [-0.1, -0.05) is 86.8 Å². The molecule has 2 aromatic heterocycles. The fourth-order valence-corrected chi connectivity index (χ4v) is 4.47. The van der Waals surface area contributed by atoms with Gasteiger partial charge >= 0.3 is 22.4 Å². The number of rotatable bonds is 2. The number of benzene rings is 3. The van der Waals surface area contributed by atoms with Crippen LogP contribution in [0.2, 0.25) is 0 Å². The summed E-state index contributed by atoms with van der Waals surface area (Å²) in [6.07, 6.45) is 5.79. The second-order valence-electron chi connectivity index (χ2n) is 9.52. The maximum atomic E-state index is 3.58. The molecule has 3 heteroatoms. The minimum atomic E-state index is 0. The maximum absolute atomic E-state index is 3.58. The molecule has 0 bridgehead atoms. The molecule has 2 heterocycles. The Hall–Kier alpha value is -2.39. The average molecular weight is 500 g/mol. The van der Waals surface area contributed by atoms with Crippen LogP contribution in [-0.2, 0) is 27.8 Å². The molecule has 0 aliphatic heterocycles. The van der Waals surface area contributed by atoms with Crippen molar-refractivity contribution in [1.29, 1.82) is 0 Å². The van der Waals surface area contributed by atoms with E-state index in [9.17, 15) is 0 Å². The first kappa shape index (κ1) is 21.8. The largest absolute Gasteiger partial charge is 1.00 e. The van der Waals surface area contributed by atoms with Gasteiger partial charge in [-0.2, -0.15) is 0 Å². The van der Waals surface area contributed by atoms with Crippen LogP contribution in [0, 0.1) is 6.20 Å². The molecule has 0 aliphatic rings. The minimum absolute atomic E-state index is 0. The smallest absolute Gasteiger partial charge is 0.340 e. The number of pyridine rings is 1. The number of nitrogens with zero attached hydrogens (tertiary/aromatic N) is 2. The molecular formula is C28H28AgN2+. The molecule has 3 aromatic carbocycles. The molecule has 160 valence electrons. The summed E-state index contributed by atoms with van der Waals surface area (Å²) in [5, 5.41) is 5.09. The van der Waals surface area contributed by atoms with E-state index in [1.165, 1.54) is 38.4 Å². The Morgan fingerprint density at radius 2 is 1.48 bits per heavy atom. The van der Waals surface area contributed by atoms with Crippen molar-refractivity contribution in [3.05, 3.63) is 84.8 Å². The fraction of sp³-hybridized carbons (Fsp3) is 0.250. The van der Waals surface area contributed by atoms with E-state index in [2.05, 4.69) is 123 Å². The summed E-state index contributed by atoms with van der Waals surface area (Å²) in [6, 6.07) is 24.6. The minimum Gasteiger partial charge on any atom is -0.340 e. The van der Waals surface area contributed by atoms with Gasteiger partial charge in [0, 0.05) is 10.9 Å². The summed E-state index contributed by atoms with van der Waals surface area (Å²) in [6.45, 7) is 11.3. The van der Waals surface area contributed by atoms with E-state index in [0.29, 0.717) is 6.04 Å². The van der Waals surface area contributed by atoms with Crippen molar-refractivity contribution < 1.29 is 26.9 Å². The first-order valence-corrected chi connectivity index (χ1v) is 10.7. The van der Waals surface area contributed by atoms with Gasteiger partial charge in [0.05, 0.1) is 17.8 Å². The van der Waals surface area contributed by atoms with Gasteiger partial charge in [-0.05, 0) is 35.6 Å². The van der Waals surface area contributed by atoms with E-state index in [0.717, 1.165) is 5.52 Å². The number of imidazole rings is 1. The van der Waals surface area contributed by atoms with Crippen molar-refractivity contribution in [3.63, 3.8) is 0 Å². The predicted molar refractivity (Wildman–Crippen MR) is 126 cm³/mol. The quantitative estimate of drug-likeness (QED) is 0.142. The molecule has 0 radical (unpaired) electrons. The molecule has 0 unspecified atom stereocenters. The Morgan fingerprint density at radius 3 is 2.16 bits per heavy atom. The Morgan fingerprint density at radius 1 is 0.839 bits per heavy atom. The summed E-state index contributed by atoms with van der Waals surface area (Å²) in [5.74, 6) is 0. The van der Waals surface area contributed by atoms with E-state index in [1.54, 1.807) is 0 Å². The summed E-state index contributed by atoms with van der Waals surface area (Å²) < 4.78 is 4.51. The second-order valence-corrected chi connectivity index (χ2v) is 9.52. The Bertz CT molecular complexity index is 1400. The Kier molecular flexibility index (Phi) is 5.59. The van der Waals surface area contributed by atoms with Crippen LogP contribution >= 0.6 is 0 Å². The first-order valence-electron chi connectivity index (χ1n) is 10.7. The van der Waals surface area contributed by atoms with Crippen LogP contribution in [-0.4, -0.2) is 4.40 Å². The van der Waals surface area contributed by atoms with Crippen molar-refractivity contribution in [2.24, 2.45) is 0 Å². The van der Waals surface area contributed by atoms with Crippen LogP contribution in [0.15, 0.2) is 73.1 Å². The molecule has 0 aliphatic carbocycles. The first-order chi connectivity index (χ1) is 14.3. The summed E-state index contributed by atoms with van der Waals surface area (Å²) in [4.78, 5) is 0. The SMILES string of the molecule is CC(C)[n+]1[c-]c2cc3ccccc3c(-c3c(C(C)(C)C)ccc4ccccc34)n2c1.[Ag+]. The Labute approximate surface area is 200 Å². The van der Waals surface area contributed by atoms with Gasteiger partial charge in [0.25, 0.3) is 0 Å². The van der Waals surface area contributed by atoms with Gasteiger partial charge in [0.2, 0.25) is 0 Å². The normalized spacial score (nSPS) is 12.1. The molecular weight excluding hydrogens is 472 g/mol. The van der Waals surface area contributed by atoms with Crippen molar-refractivity contribution in [2.75, 3.05) is 0 Å². The number of aromatic nitrogens is 2. The summed E-state index contributed by atoms with van der Waals surface area (Å²) in [7, 11) is 0. The van der Waals surface area contributed by atoms with E-state index in [4.69, 9.17) is 0 Å². The topological polar surface area (TPSA) is 8.29 Å². The van der Waals surface area contributed by atoms with Crippen LogP contribution in [0.3, 0.4) is 0 Å². The van der Waals surface area contributed by atoms with Crippen molar-refractivity contribution in [3.8, 4) is 11.3 Å². The summed E-state index contributed by atoms with van der Waals surface area (Å²) >= 11 is 0. The third kappa shape index (κ3) is 3.63. The molecule has 5 aromatic rings. The molecule has 0 N–H and O–H groups in total. The van der Waals surface area contributed by atoms with Gasteiger partial charge in [-0.15, -0.1) is 6.07 Å². The zero-order valence-corrected chi connectivity index (χ0v) is 20.2. The van der Waals surface area contributed by atoms with E-state index in [1.807, 2.05) is 0 Å². The number of fused-ring (bicyclic) bond motifs is 3. The molecule has 0 amide bonds. The molecule has 5 rings (SSSR count). The predicted octanol–water partition coefficient (Wildman–Crippen LogP) is 6.88. The maximum Gasteiger partial charge on any atom is 1.00 e. The molecule has 2 nitrogen and oxygen atoms in total. The third-order valence-electron chi connectivity index (χ3n) is 6.02. The van der Waals surface area contributed by atoms with Gasteiger partial charge in [-0.25, -0.2) is 0 Å². The van der Waals surface area contributed by atoms with Crippen LogP contribution in [0.4, 0.5) is 0 Å². The van der Waals surface area contributed by atoms with Gasteiger partial charge < -0.3 is 4.57 Å². The average Bonchev–Trinajstić information content (AvgIpc) is 3.14. The molecule has 0 spiro atoms. The van der Waals surface area contributed by atoms with Crippen LogP contribution in [0.25, 0.3) is 38.3 Å². The van der Waals surface area contributed by atoms with Gasteiger partial charge in [0.1, 0.15) is 5.69 Å². The van der Waals surface area contributed by atoms with E-state index < -0.39 is 0 Å². The van der Waals surface area contributed by atoms with E-state index in [-0.39, 0.29) is 27.8 Å². The Balaban J connectivity index is 0.00000231. The van der Waals surface area contributed by atoms with Gasteiger partial charge in [0.15, 0.2) is 6.33 Å². The number of hydrogen-bond donors (Lipinski definition) is 0.